The average Bonchev–Trinajstić information content (AvgIpc) is 2.68. The van der Waals surface area contributed by atoms with E-state index in [1.165, 1.54) is 5.56 Å². The SMILES string of the molecule is Cc1ccc(/C=C\C(=O)N[C@@H](C)c2cccc(Oc3ccncc3)c2)cc1. The Balaban J connectivity index is 1.61. The number of hydrogen-bond donors (Lipinski definition) is 1. The summed E-state index contributed by atoms with van der Waals surface area (Å²) >= 11 is 0. The summed E-state index contributed by atoms with van der Waals surface area (Å²) < 4.78 is 5.82. The van der Waals surface area contributed by atoms with Crippen LogP contribution in [-0.4, -0.2) is 10.9 Å². The molecule has 1 atom stereocenters. The predicted molar refractivity (Wildman–Crippen MR) is 108 cm³/mol. The molecule has 2 aromatic carbocycles. The minimum Gasteiger partial charge on any atom is -0.457 e. The van der Waals surface area contributed by atoms with Gasteiger partial charge < -0.3 is 10.1 Å². The quantitative estimate of drug-likeness (QED) is 0.626. The molecule has 4 nitrogen and oxygen atoms in total. The van der Waals surface area contributed by atoms with E-state index in [1.807, 2.05) is 68.5 Å². The maximum Gasteiger partial charge on any atom is 0.244 e. The molecule has 1 aromatic heterocycles. The van der Waals surface area contributed by atoms with Crippen molar-refractivity contribution in [1.82, 2.24) is 10.3 Å². The van der Waals surface area contributed by atoms with Crippen LogP contribution in [-0.2, 0) is 4.79 Å². The van der Waals surface area contributed by atoms with Gasteiger partial charge in [-0.2, -0.15) is 0 Å². The highest BCUT2D eigenvalue weighted by molar-refractivity contribution is 5.91. The molecule has 0 fully saturated rings. The molecule has 0 spiro atoms. The lowest BCUT2D eigenvalue weighted by molar-refractivity contribution is -0.117. The highest BCUT2D eigenvalue weighted by Gasteiger charge is 2.09. The van der Waals surface area contributed by atoms with Crippen molar-refractivity contribution in [3.05, 3.63) is 95.8 Å². The van der Waals surface area contributed by atoms with Gasteiger partial charge in [0.1, 0.15) is 11.5 Å². The van der Waals surface area contributed by atoms with Crippen molar-refractivity contribution in [2.75, 3.05) is 0 Å². The average molecular weight is 358 g/mol. The first-order chi connectivity index (χ1) is 13.1. The van der Waals surface area contributed by atoms with Crippen LogP contribution in [0.15, 0.2) is 79.1 Å². The monoisotopic (exact) mass is 358 g/mol. The van der Waals surface area contributed by atoms with Crippen molar-refractivity contribution < 1.29 is 9.53 Å². The van der Waals surface area contributed by atoms with Crippen LogP contribution in [0, 0.1) is 6.92 Å². The first-order valence-electron chi connectivity index (χ1n) is 8.83. The Morgan fingerprint density at radius 2 is 1.78 bits per heavy atom. The lowest BCUT2D eigenvalue weighted by Gasteiger charge is -2.14. The van der Waals surface area contributed by atoms with Crippen LogP contribution in [0.5, 0.6) is 11.5 Å². The number of nitrogens with zero attached hydrogens (tertiary/aromatic N) is 1. The number of aromatic nitrogens is 1. The molecule has 1 heterocycles. The van der Waals surface area contributed by atoms with Crippen LogP contribution < -0.4 is 10.1 Å². The van der Waals surface area contributed by atoms with Crippen molar-refractivity contribution in [3.8, 4) is 11.5 Å². The van der Waals surface area contributed by atoms with E-state index in [9.17, 15) is 4.79 Å². The molecule has 4 heteroatoms. The second kappa shape index (κ2) is 8.81. The Labute approximate surface area is 159 Å². The van der Waals surface area contributed by atoms with E-state index < -0.39 is 0 Å². The highest BCUT2D eigenvalue weighted by atomic mass is 16.5. The zero-order valence-corrected chi connectivity index (χ0v) is 15.4. The number of carbonyl (C=O) groups excluding carboxylic acids is 1. The Kier molecular flexibility index (Phi) is 6.00. The van der Waals surface area contributed by atoms with Crippen molar-refractivity contribution in [2.45, 2.75) is 19.9 Å². The molecule has 0 bridgehead atoms. The second-order valence-electron chi connectivity index (χ2n) is 6.33. The fourth-order valence-corrected chi connectivity index (χ4v) is 2.58. The Hall–Kier alpha value is -3.40. The molecule has 0 aliphatic heterocycles. The molecule has 0 radical (unpaired) electrons. The van der Waals surface area contributed by atoms with Gasteiger partial charge in [0, 0.05) is 18.5 Å². The number of carbonyl (C=O) groups is 1. The smallest absolute Gasteiger partial charge is 0.244 e. The Morgan fingerprint density at radius 3 is 2.52 bits per heavy atom. The molecule has 0 aliphatic rings. The third kappa shape index (κ3) is 5.54. The predicted octanol–water partition coefficient (Wildman–Crippen LogP) is 5.07. The first kappa shape index (κ1) is 18.4. The molecule has 0 aliphatic carbocycles. The number of rotatable bonds is 6. The van der Waals surface area contributed by atoms with Gasteiger partial charge in [-0.05, 0) is 55.3 Å². The maximum absolute atomic E-state index is 12.2. The van der Waals surface area contributed by atoms with Gasteiger partial charge in [0.25, 0.3) is 0 Å². The number of hydrogen-bond acceptors (Lipinski definition) is 3. The molecule has 3 aromatic rings. The summed E-state index contributed by atoms with van der Waals surface area (Å²) in [5.74, 6) is 1.30. The molecular weight excluding hydrogens is 336 g/mol. The summed E-state index contributed by atoms with van der Waals surface area (Å²) in [6, 6.07) is 19.2. The summed E-state index contributed by atoms with van der Waals surface area (Å²) in [6.07, 6.45) is 6.73. The first-order valence-corrected chi connectivity index (χ1v) is 8.83. The van der Waals surface area contributed by atoms with Gasteiger partial charge >= 0.3 is 0 Å². The van der Waals surface area contributed by atoms with Gasteiger partial charge in [0.2, 0.25) is 5.91 Å². The summed E-state index contributed by atoms with van der Waals surface area (Å²) in [5.41, 5.74) is 3.16. The molecule has 1 N–H and O–H groups in total. The zero-order chi connectivity index (χ0) is 19.1. The topological polar surface area (TPSA) is 51.2 Å². The normalized spacial score (nSPS) is 11.9. The minimum absolute atomic E-state index is 0.136. The standard InChI is InChI=1S/C23H22N2O2/c1-17-6-8-19(9-7-17)10-11-23(26)25-18(2)20-4-3-5-22(16-20)27-21-12-14-24-15-13-21/h3-16,18H,1-2H3,(H,25,26)/b11-10-/t18-/m0/s1. The third-order valence-electron chi connectivity index (χ3n) is 4.11. The summed E-state index contributed by atoms with van der Waals surface area (Å²) in [7, 11) is 0. The molecule has 27 heavy (non-hydrogen) atoms. The molecule has 136 valence electrons. The van der Waals surface area contributed by atoms with Crippen LogP contribution in [0.3, 0.4) is 0 Å². The number of nitrogens with one attached hydrogen (secondary N) is 1. The van der Waals surface area contributed by atoms with Crippen molar-refractivity contribution in [2.24, 2.45) is 0 Å². The zero-order valence-electron chi connectivity index (χ0n) is 15.4. The molecule has 0 saturated carbocycles. The van der Waals surface area contributed by atoms with E-state index in [0.717, 1.165) is 22.6 Å². The minimum atomic E-state index is -0.138. The maximum atomic E-state index is 12.2. The lowest BCUT2D eigenvalue weighted by Crippen LogP contribution is -2.24. The van der Waals surface area contributed by atoms with Crippen molar-refractivity contribution >= 4 is 12.0 Å². The van der Waals surface area contributed by atoms with Crippen LogP contribution >= 0.6 is 0 Å². The van der Waals surface area contributed by atoms with E-state index in [0.29, 0.717) is 0 Å². The Bertz CT molecular complexity index is 919. The van der Waals surface area contributed by atoms with E-state index in [1.54, 1.807) is 30.6 Å². The number of pyridine rings is 1. The fraction of sp³-hybridized carbons (Fsp3) is 0.130. The van der Waals surface area contributed by atoms with Gasteiger partial charge in [-0.25, -0.2) is 0 Å². The van der Waals surface area contributed by atoms with Crippen LogP contribution in [0.1, 0.15) is 29.7 Å². The summed E-state index contributed by atoms with van der Waals surface area (Å²) in [4.78, 5) is 16.2. The van der Waals surface area contributed by atoms with Gasteiger partial charge in [0.15, 0.2) is 0 Å². The van der Waals surface area contributed by atoms with Crippen molar-refractivity contribution in [3.63, 3.8) is 0 Å². The molecule has 1 amide bonds. The summed E-state index contributed by atoms with van der Waals surface area (Å²) in [5, 5.41) is 2.98. The van der Waals surface area contributed by atoms with Gasteiger partial charge in [-0.15, -0.1) is 0 Å². The largest absolute Gasteiger partial charge is 0.457 e. The number of benzene rings is 2. The van der Waals surface area contributed by atoms with Crippen LogP contribution in [0.4, 0.5) is 0 Å². The third-order valence-corrected chi connectivity index (χ3v) is 4.11. The van der Waals surface area contributed by atoms with E-state index in [-0.39, 0.29) is 11.9 Å². The number of aryl methyl sites for hydroxylation is 1. The molecule has 3 rings (SSSR count). The van der Waals surface area contributed by atoms with Crippen molar-refractivity contribution in [1.29, 1.82) is 0 Å². The van der Waals surface area contributed by atoms with Gasteiger partial charge in [-0.3, -0.25) is 9.78 Å². The number of amides is 1. The fourth-order valence-electron chi connectivity index (χ4n) is 2.58. The van der Waals surface area contributed by atoms with Gasteiger partial charge in [-0.1, -0.05) is 42.0 Å². The Morgan fingerprint density at radius 1 is 1.04 bits per heavy atom. The summed E-state index contributed by atoms with van der Waals surface area (Å²) in [6.45, 7) is 3.98. The van der Waals surface area contributed by atoms with Gasteiger partial charge in [0.05, 0.1) is 6.04 Å². The molecular formula is C23H22N2O2. The second-order valence-corrected chi connectivity index (χ2v) is 6.33. The molecule has 0 saturated heterocycles. The van der Waals surface area contributed by atoms with E-state index in [2.05, 4.69) is 10.3 Å². The van der Waals surface area contributed by atoms with E-state index in [4.69, 9.17) is 4.74 Å². The van der Waals surface area contributed by atoms with E-state index >= 15 is 0 Å². The lowest BCUT2D eigenvalue weighted by atomic mass is 10.1. The number of ether oxygens (including phenoxy) is 1. The highest BCUT2D eigenvalue weighted by Crippen LogP contribution is 2.24. The van der Waals surface area contributed by atoms with Crippen LogP contribution in [0.25, 0.3) is 6.08 Å². The van der Waals surface area contributed by atoms with Crippen LogP contribution in [0.2, 0.25) is 0 Å². The molecule has 0 unspecified atom stereocenters.